The molecule has 17 heavy (non-hydrogen) atoms. The Morgan fingerprint density at radius 2 is 2.00 bits per heavy atom. The number of carbonyl (C=O) groups excluding carboxylic acids is 2. The first-order valence-corrected chi connectivity index (χ1v) is 6.81. The van der Waals surface area contributed by atoms with Crippen molar-refractivity contribution < 1.29 is 74.5 Å². The molecule has 2 rings (SSSR count). The molecule has 6 nitrogen and oxygen atoms in total. The number of rotatable bonds is 1. The van der Waals surface area contributed by atoms with Crippen molar-refractivity contribution in [2.75, 3.05) is 0 Å². The number of hydrogen-bond acceptors (Lipinski definition) is 5. The van der Waals surface area contributed by atoms with Crippen LogP contribution in [0, 0.1) is 0 Å². The molecule has 2 aliphatic heterocycles. The Hall–Kier alpha value is 1.01. The predicted octanol–water partition coefficient (Wildman–Crippen LogP) is -4.40. The van der Waals surface area contributed by atoms with Crippen LogP contribution in [0.15, 0.2) is 0 Å². The fraction of sp³-hybridized carbons (Fsp3) is 0.750. The molecular formula is C8H9BrKNO5S. The maximum atomic E-state index is 12.1. The molecule has 0 N–H and O–H groups in total. The molecule has 0 aromatic rings. The summed E-state index contributed by atoms with van der Waals surface area (Å²) in [5.41, 5.74) is 0. The fourth-order valence-electron chi connectivity index (χ4n) is 2.26. The first-order chi connectivity index (χ1) is 7.07. The standard InChI is InChI=1S/C8H10BrNO5S.K/c1-7(2)5(6(12)13)10-4(11)3-8(10,9)16(7,14)15;/h5H,3H2,1-2H3,(H,12,13);/q;+1/p-1/t5-,8?;/m0./s1. The monoisotopic (exact) mass is 349 g/mol. The van der Waals surface area contributed by atoms with E-state index < -0.39 is 36.3 Å². The number of carboxylic acid groups (broad SMARTS) is 1. The van der Waals surface area contributed by atoms with Crippen LogP contribution in [0.3, 0.4) is 0 Å². The maximum Gasteiger partial charge on any atom is 1.00 e. The van der Waals surface area contributed by atoms with E-state index in [1.807, 2.05) is 0 Å². The Morgan fingerprint density at radius 1 is 1.53 bits per heavy atom. The van der Waals surface area contributed by atoms with Gasteiger partial charge in [-0.1, -0.05) is 0 Å². The number of alkyl halides is 1. The van der Waals surface area contributed by atoms with E-state index in [1.165, 1.54) is 13.8 Å². The average Bonchev–Trinajstić information content (AvgIpc) is 2.20. The number of hydrogen-bond donors (Lipinski definition) is 0. The van der Waals surface area contributed by atoms with E-state index in [2.05, 4.69) is 15.9 Å². The summed E-state index contributed by atoms with van der Waals surface area (Å²) in [5, 5.41) is 11.0. The second-order valence-corrected chi connectivity index (χ2v) is 9.03. The van der Waals surface area contributed by atoms with E-state index in [0.717, 1.165) is 4.90 Å². The summed E-state index contributed by atoms with van der Waals surface area (Å²) in [6, 6.07) is -1.45. The molecule has 9 heteroatoms. The van der Waals surface area contributed by atoms with Gasteiger partial charge in [0.1, 0.15) is 0 Å². The number of β-lactam (4-membered cyclic amide) rings is 1. The van der Waals surface area contributed by atoms with E-state index in [0.29, 0.717) is 0 Å². The first kappa shape index (κ1) is 16.1. The number of carboxylic acids is 1. The van der Waals surface area contributed by atoms with Gasteiger partial charge < -0.3 is 14.8 Å². The number of amides is 1. The summed E-state index contributed by atoms with van der Waals surface area (Å²) >= 11 is 2.97. The summed E-state index contributed by atoms with van der Waals surface area (Å²) < 4.78 is 21.1. The van der Waals surface area contributed by atoms with Crippen LogP contribution in [-0.2, 0) is 19.4 Å². The fourth-order valence-corrected chi connectivity index (χ4v) is 6.24. The van der Waals surface area contributed by atoms with Gasteiger partial charge in [-0.3, -0.25) is 4.79 Å². The van der Waals surface area contributed by atoms with Crippen molar-refractivity contribution in [1.82, 2.24) is 4.90 Å². The third kappa shape index (κ3) is 1.66. The van der Waals surface area contributed by atoms with E-state index in [4.69, 9.17) is 0 Å². The topological polar surface area (TPSA) is 94.6 Å². The van der Waals surface area contributed by atoms with Crippen LogP contribution in [0.25, 0.3) is 0 Å². The van der Waals surface area contributed by atoms with Crippen LogP contribution >= 0.6 is 15.9 Å². The molecule has 1 unspecified atom stereocenters. The van der Waals surface area contributed by atoms with E-state index in [-0.39, 0.29) is 57.8 Å². The molecule has 0 radical (unpaired) electrons. The van der Waals surface area contributed by atoms with Crippen LogP contribution in [0.4, 0.5) is 0 Å². The van der Waals surface area contributed by atoms with Crippen LogP contribution in [0.5, 0.6) is 0 Å². The van der Waals surface area contributed by atoms with Gasteiger partial charge in [-0.25, -0.2) is 8.42 Å². The quantitative estimate of drug-likeness (QED) is 0.206. The van der Waals surface area contributed by atoms with Crippen LogP contribution in [0.1, 0.15) is 20.3 Å². The van der Waals surface area contributed by atoms with Crippen molar-refractivity contribution in [1.29, 1.82) is 0 Å². The molecule has 2 atom stereocenters. The van der Waals surface area contributed by atoms with Gasteiger partial charge in [0.2, 0.25) is 9.69 Å². The predicted molar refractivity (Wildman–Crippen MR) is 54.9 cm³/mol. The van der Waals surface area contributed by atoms with E-state index >= 15 is 0 Å². The normalized spacial score (nSPS) is 36.8. The molecule has 2 saturated heterocycles. The second-order valence-electron chi connectivity index (χ2n) is 4.46. The van der Waals surface area contributed by atoms with Crippen molar-refractivity contribution in [2.45, 2.75) is 34.8 Å². The zero-order chi connectivity index (χ0) is 12.5. The molecule has 0 spiro atoms. The Labute approximate surface area is 150 Å². The summed E-state index contributed by atoms with van der Waals surface area (Å²) in [6.45, 7) is 2.58. The number of nitrogens with zero attached hydrogens (tertiary/aromatic N) is 1. The molecule has 0 aliphatic carbocycles. The number of halogens is 1. The summed E-state index contributed by atoms with van der Waals surface area (Å²) in [5.74, 6) is -2.05. The van der Waals surface area contributed by atoms with Gasteiger partial charge in [-0.15, -0.1) is 0 Å². The average molecular weight is 350 g/mol. The smallest absolute Gasteiger partial charge is 0.548 e. The van der Waals surface area contributed by atoms with Crippen LogP contribution in [-0.4, -0.2) is 39.8 Å². The van der Waals surface area contributed by atoms with E-state index in [9.17, 15) is 23.1 Å². The number of carbonyl (C=O) groups is 2. The minimum Gasteiger partial charge on any atom is -0.548 e. The minimum absolute atomic E-state index is 0. The summed E-state index contributed by atoms with van der Waals surface area (Å²) in [6.07, 6.45) is -0.234. The Morgan fingerprint density at radius 3 is 2.29 bits per heavy atom. The summed E-state index contributed by atoms with van der Waals surface area (Å²) in [4.78, 5) is 23.2. The Kier molecular flexibility index (Phi) is 4.02. The largest absolute Gasteiger partial charge is 1.00 e. The molecule has 2 aliphatic rings. The van der Waals surface area contributed by atoms with Gasteiger partial charge in [0.15, 0.2) is 9.84 Å². The third-order valence-corrected chi connectivity index (χ3v) is 7.96. The van der Waals surface area contributed by atoms with Gasteiger partial charge in [0.05, 0.1) is 23.2 Å². The third-order valence-electron chi connectivity index (χ3n) is 3.24. The Bertz CT molecular complexity index is 504. The van der Waals surface area contributed by atoms with Gasteiger partial charge >= 0.3 is 51.4 Å². The maximum absolute atomic E-state index is 12.1. The number of sulfone groups is 1. The molecule has 2 fully saturated rings. The molecule has 1 amide bonds. The number of fused-ring (bicyclic) bond motifs is 1. The zero-order valence-electron chi connectivity index (χ0n) is 9.56. The van der Waals surface area contributed by atoms with Crippen LogP contribution < -0.4 is 56.5 Å². The van der Waals surface area contributed by atoms with Gasteiger partial charge in [0, 0.05) is 0 Å². The molecule has 90 valence electrons. The molecular weight excluding hydrogens is 341 g/mol. The molecule has 0 aromatic heterocycles. The minimum atomic E-state index is -3.79. The van der Waals surface area contributed by atoms with Crippen molar-refractivity contribution in [3.8, 4) is 0 Å². The van der Waals surface area contributed by atoms with Crippen molar-refractivity contribution in [2.24, 2.45) is 0 Å². The SMILES string of the molecule is CC1(C)[C@H](C(=O)[O-])N2C(=O)CC2(Br)S1(=O)=O.[K+]. The molecule has 0 bridgehead atoms. The zero-order valence-corrected chi connectivity index (χ0v) is 15.1. The number of aliphatic carboxylic acids is 1. The van der Waals surface area contributed by atoms with Crippen molar-refractivity contribution in [3.63, 3.8) is 0 Å². The first-order valence-electron chi connectivity index (χ1n) is 4.53. The summed E-state index contributed by atoms with van der Waals surface area (Å²) in [7, 11) is -3.79. The van der Waals surface area contributed by atoms with Gasteiger partial charge in [-0.2, -0.15) is 0 Å². The van der Waals surface area contributed by atoms with Crippen LogP contribution in [0.2, 0.25) is 0 Å². The molecule has 2 heterocycles. The Balaban J connectivity index is 0.00000144. The molecule has 0 aromatic carbocycles. The van der Waals surface area contributed by atoms with Gasteiger partial charge in [-0.05, 0) is 29.8 Å². The van der Waals surface area contributed by atoms with E-state index in [1.54, 1.807) is 0 Å². The van der Waals surface area contributed by atoms with Crippen molar-refractivity contribution >= 4 is 37.6 Å². The molecule has 0 saturated carbocycles. The van der Waals surface area contributed by atoms with Crippen molar-refractivity contribution in [3.05, 3.63) is 0 Å². The van der Waals surface area contributed by atoms with Gasteiger partial charge in [0.25, 0.3) is 0 Å². The second kappa shape index (κ2) is 4.25.